The minimum atomic E-state index is -3.66. The Bertz CT molecular complexity index is 993. The van der Waals surface area contributed by atoms with E-state index in [1.165, 1.54) is 24.6 Å². The van der Waals surface area contributed by atoms with Gasteiger partial charge in [0.2, 0.25) is 0 Å². The van der Waals surface area contributed by atoms with Gasteiger partial charge in [0.1, 0.15) is 5.04 Å². The fourth-order valence-electron chi connectivity index (χ4n) is 2.94. The van der Waals surface area contributed by atoms with Crippen molar-refractivity contribution in [3.63, 3.8) is 0 Å². The molecule has 160 valence electrons. The molecular weight excluding hydrogens is 414 g/mol. The number of oxime groups is 1. The Morgan fingerprint density at radius 3 is 2.63 bits per heavy atom. The second kappa shape index (κ2) is 12.5. The van der Waals surface area contributed by atoms with E-state index in [2.05, 4.69) is 30.5 Å². The topological polar surface area (TPSA) is 55.7 Å². The third-order valence-corrected chi connectivity index (χ3v) is 6.61. The average molecular weight is 444 g/mol. The first-order valence-electron chi connectivity index (χ1n) is 10.2. The predicted molar refractivity (Wildman–Crippen MR) is 128 cm³/mol. The van der Waals surface area contributed by atoms with Crippen molar-refractivity contribution in [1.29, 1.82) is 0 Å². The van der Waals surface area contributed by atoms with Crippen LogP contribution in [0.5, 0.6) is 0 Å². The van der Waals surface area contributed by atoms with Crippen molar-refractivity contribution in [3.8, 4) is 11.8 Å². The summed E-state index contributed by atoms with van der Waals surface area (Å²) in [7, 11) is -3.66. The van der Waals surface area contributed by atoms with Crippen LogP contribution in [-0.2, 0) is 14.4 Å². The van der Waals surface area contributed by atoms with Gasteiger partial charge in [-0.15, -0.1) is 0 Å². The molecule has 0 aliphatic carbocycles. The molecule has 0 radical (unpaired) electrons. The molecule has 0 atom stereocenters. The number of aryl methyl sites for hydroxylation is 1. The van der Waals surface area contributed by atoms with Gasteiger partial charge in [-0.25, -0.2) is 0 Å². The van der Waals surface area contributed by atoms with Crippen molar-refractivity contribution in [2.24, 2.45) is 5.16 Å². The molecule has 0 N–H and O–H groups in total. The Morgan fingerprint density at radius 2 is 1.90 bits per heavy atom. The maximum Gasteiger partial charge on any atom is 0.328 e. The maximum atomic E-state index is 12.1. The molecule has 0 unspecified atom stereocenters. The molecule has 1 heterocycles. The molecule has 4 nitrogen and oxygen atoms in total. The van der Waals surface area contributed by atoms with Crippen LogP contribution >= 0.6 is 11.8 Å². The van der Waals surface area contributed by atoms with Crippen LogP contribution in [0.25, 0.3) is 5.57 Å². The van der Waals surface area contributed by atoms with Gasteiger partial charge in [0.15, 0.2) is 0 Å². The number of benzene rings is 1. The average Bonchev–Trinajstić information content (AvgIpc) is 3.19. The monoisotopic (exact) mass is 443 g/mol. The van der Waals surface area contributed by atoms with Crippen molar-refractivity contribution in [2.45, 2.75) is 52.4 Å². The van der Waals surface area contributed by atoms with Crippen molar-refractivity contribution in [2.75, 3.05) is 5.75 Å². The third-order valence-electron chi connectivity index (χ3n) is 4.54. The number of thioether (sulfide) groups is 1. The van der Waals surface area contributed by atoms with Gasteiger partial charge in [0.25, 0.3) is 0 Å². The predicted octanol–water partition coefficient (Wildman–Crippen LogP) is 6.22. The molecule has 1 aliphatic heterocycles. The Kier molecular flexibility index (Phi) is 9.99. The molecule has 0 saturated heterocycles. The molecule has 0 bridgehead atoms. The van der Waals surface area contributed by atoms with E-state index < -0.39 is 10.1 Å². The van der Waals surface area contributed by atoms with E-state index in [0.717, 1.165) is 40.9 Å². The summed E-state index contributed by atoms with van der Waals surface area (Å²) in [4.78, 5) is 0.898. The lowest BCUT2D eigenvalue weighted by atomic mass is 10.0. The highest BCUT2D eigenvalue weighted by molar-refractivity contribution is 8.18. The fraction of sp³-hybridized carbons (Fsp3) is 0.375. The second-order valence-corrected chi connectivity index (χ2v) is 9.73. The second-order valence-electron chi connectivity index (χ2n) is 7.00. The lowest BCUT2D eigenvalue weighted by Crippen LogP contribution is -2.08. The summed E-state index contributed by atoms with van der Waals surface area (Å²) in [6.07, 6.45) is 11.2. The molecule has 2 rings (SSSR count). The SMILES string of the molecule is C=CC#C/C(=C1C=C/C(=N\OS(=O)(=O)CCCCCCCC)S/1)c1ccccc1C. The molecule has 0 aromatic heterocycles. The molecule has 0 saturated carbocycles. The van der Waals surface area contributed by atoms with E-state index in [1.54, 1.807) is 12.2 Å². The van der Waals surface area contributed by atoms with Gasteiger partial charge >= 0.3 is 10.1 Å². The Balaban J connectivity index is 2.03. The summed E-state index contributed by atoms with van der Waals surface area (Å²) in [5.41, 5.74) is 2.99. The van der Waals surface area contributed by atoms with Crippen molar-refractivity contribution < 1.29 is 12.7 Å². The van der Waals surface area contributed by atoms with Gasteiger partial charge in [0, 0.05) is 10.5 Å². The van der Waals surface area contributed by atoms with Gasteiger partial charge < -0.3 is 0 Å². The van der Waals surface area contributed by atoms with Gasteiger partial charge in [-0.2, -0.15) is 8.42 Å². The lowest BCUT2D eigenvalue weighted by Gasteiger charge is -2.07. The molecule has 1 aromatic rings. The molecule has 6 heteroatoms. The van der Waals surface area contributed by atoms with E-state index >= 15 is 0 Å². The zero-order valence-corrected chi connectivity index (χ0v) is 19.3. The number of rotatable bonds is 10. The first-order valence-corrected chi connectivity index (χ1v) is 12.6. The van der Waals surface area contributed by atoms with E-state index in [9.17, 15) is 8.42 Å². The summed E-state index contributed by atoms with van der Waals surface area (Å²) in [6.45, 7) is 7.85. The Labute approximate surface area is 185 Å². The van der Waals surface area contributed by atoms with Crippen LogP contribution in [0.1, 0.15) is 56.6 Å². The van der Waals surface area contributed by atoms with Gasteiger partial charge in [0.05, 0.1) is 5.75 Å². The summed E-state index contributed by atoms with van der Waals surface area (Å²) in [5.74, 6) is 6.03. The number of unbranched alkanes of at least 4 members (excludes halogenated alkanes) is 5. The zero-order valence-electron chi connectivity index (χ0n) is 17.7. The number of hydrogen-bond acceptors (Lipinski definition) is 5. The Morgan fingerprint density at radius 1 is 1.17 bits per heavy atom. The molecule has 1 aromatic carbocycles. The molecule has 0 spiro atoms. The standard InChI is InChI=1S/C24H29NO3S2/c1-4-6-8-9-10-13-19-30(26,27)28-25-24-18-17-23(29-24)22(15-7-5-2)21-16-12-11-14-20(21)3/h5,11-12,14,16-18H,2,4,6,8-10,13,19H2,1,3H3/b23-22+,25-24+. The van der Waals surface area contributed by atoms with E-state index in [4.69, 9.17) is 4.28 Å². The first-order chi connectivity index (χ1) is 14.5. The van der Waals surface area contributed by atoms with Crippen LogP contribution in [-0.4, -0.2) is 19.2 Å². The molecule has 0 amide bonds. The lowest BCUT2D eigenvalue weighted by molar-refractivity contribution is 0.339. The smallest absolute Gasteiger partial charge is 0.267 e. The number of nitrogens with zero attached hydrogens (tertiary/aromatic N) is 1. The van der Waals surface area contributed by atoms with Crippen LogP contribution in [0.3, 0.4) is 0 Å². The minimum Gasteiger partial charge on any atom is -0.267 e. The quantitative estimate of drug-likeness (QED) is 0.245. The van der Waals surface area contributed by atoms with Gasteiger partial charge in [-0.1, -0.05) is 98.6 Å². The summed E-state index contributed by atoms with van der Waals surface area (Å²) >= 11 is 1.34. The maximum absolute atomic E-state index is 12.1. The minimum absolute atomic E-state index is 0.00769. The highest BCUT2D eigenvalue weighted by Crippen LogP contribution is 2.35. The number of hydrogen-bond donors (Lipinski definition) is 0. The molecule has 1 aliphatic rings. The van der Waals surface area contributed by atoms with Gasteiger partial charge in [-0.3, -0.25) is 4.28 Å². The summed E-state index contributed by atoms with van der Waals surface area (Å²) < 4.78 is 29.1. The first kappa shape index (κ1) is 24.0. The summed E-state index contributed by atoms with van der Waals surface area (Å²) in [6, 6.07) is 7.99. The van der Waals surface area contributed by atoms with E-state index in [0.29, 0.717) is 11.5 Å². The molecule has 0 fully saturated rings. The third kappa shape index (κ3) is 7.89. The van der Waals surface area contributed by atoms with Crippen LogP contribution < -0.4 is 0 Å². The van der Waals surface area contributed by atoms with Crippen molar-refractivity contribution >= 4 is 32.5 Å². The van der Waals surface area contributed by atoms with Crippen molar-refractivity contribution in [1.82, 2.24) is 0 Å². The van der Waals surface area contributed by atoms with Crippen molar-refractivity contribution in [3.05, 3.63) is 65.1 Å². The highest BCUT2D eigenvalue weighted by Gasteiger charge is 2.17. The van der Waals surface area contributed by atoms with Crippen LogP contribution in [0.2, 0.25) is 0 Å². The molecule has 30 heavy (non-hydrogen) atoms. The van der Waals surface area contributed by atoms with Crippen LogP contribution in [0.4, 0.5) is 0 Å². The molecular formula is C24H29NO3S2. The zero-order chi connectivity index (χ0) is 21.8. The summed E-state index contributed by atoms with van der Waals surface area (Å²) in [5, 5.41) is 4.34. The highest BCUT2D eigenvalue weighted by atomic mass is 32.2. The largest absolute Gasteiger partial charge is 0.328 e. The van der Waals surface area contributed by atoms with Gasteiger partial charge in [-0.05, 0) is 42.7 Å². The van der Waals surface area contributed by atoms with Crippen LogP contribution in [0.15, 0.2) is 59.1 Å². The normalized spacial score (nSPS) is 16.3. The van der Waals surface area contributed by atoms with E-state index in [-0.39, 0.29) is 5.75 Å². The fourth-order valence-corrected chi connectivity index (χ4v) is 4.65. The Hall–Kier alpha value is -2.23. The van der Waals surface area contributed by atoms with Crippen LogP contribution in [0, 0.1) is 18.8 Å². The van der Waals surface area contributed by atoms with E-state index in [1.807, 2.05) is 37.3 Å². The number of allylic oxidation sites excluding steroid dienone is 3.